The van der Waals surface area contributed by atoms with E-state index in [0.29, 0.717) is 5.92 Å². The lowest BCUT2D eigenvalue weighted by Gasteiger charge is -2.16. The first-order valence-electron chi connectivity index (χ1n) is 7.15. The van der Waals surface area contributed by atoms with Gasteiger partial charge in [-0.25, -0.2) is 0 Å². The van der Waals surface area contributed by atoms with Gasteiger partial charge in [-0.05, 0) is 24.8 Å². The number of aromatic nitrogens is 1. The fourth-order valence-corrected chi connectivity index (χ4v) is 3.08. The molecule has 100 valence electrons. The van der Waals surface area contributed by atoms with Crippen molar-refractivity contribution >= 4 is 16.8 Å². The molecule has 3 rings (SSSR count). The fourth-order valence-electron chi connectivity index (χ4n) is 3.08. The van der Waals surface area contributed by atoms with Crippen molar-refractivity contribution in [2.24, 2.45) is 5.92 Å². The Balaban J connectivity index is 1.81. The first-order valence-corrected chi connectivity index (χ1v) is 7.15. The average Bonchev–Trinajstić information content (AvgIpc) is 3.05. The predicted octanol–water partition coefficient (Wildman–Crippen LogP) is 3.43. The average molecular weight is 256 g/mol. The van der Waals surface area contributed by atoms with Gasteiger partial charge < -0.3 is 9.88 Å². The highest BCUT2D eigenvalue weighted by molar-refractivity contribution is 6.06. The molecule has 1 aromatic heterocycles. The third kappa shape index (κ3) is 2.25. The van der Waals surface area contributed by atoms with E-state index in [1.807, 2.05) is 35.4 Å². The van der Waals surface area contributed by atoms with Crippen molar-refractivity contribution in [3.05, 3.63) is 36.0 Å². The summed E-state index contributed by atoms with van der Waals surface area (Å²) in [5, 5.41) is 1.03. The Kier molecular flexibility index (Phi) is 3.28. The second-order valence-electron chi connectivity index (χ2n) is 5.44. The Bertz CT molecular complexity index is 587. The lowest BCUT2D eigenvalue weighted by Crippen LogP contribution is -2.28. The number of nitrogens with zero attached hydrogens (tertiary/aromatic N) is 1. The van der Waals surface area contributed by atoms with Crippen LogP contribution in [0.4, 0.5) is 0 Å². The number of likely N-dealkylation sites (tertiary alicyclic amines) is 1. The van der Waals surface area contributed by atoms with Crippen molar-refractivity contribution in [3.8, 4) is 0 Å². The van der Waals surface area contributed by atoms with Crippen LogP contribution < -0.4 is 0 Å². The van der Waals surface area contributed by atoms with Crippen LogP contribution in [0.25, 0.3) is 10.9 Å². The van der Waals surface area contributed by atoms with Gasteiger partial charge in [0.25, 0.3) is 5.91 Å². The van der Waals surface area contributed by atoms with Crippen LogP contribution in [0, 0.1) is 5.92 Å². The van der Waals surface area contributed by atoms with E-state index in [2.05, 4.69) is 11.9 Å². The molecular weight excluding hydrogens is 236 g/mol. The molecule has 0 aliphatic carbocycles. The van der Waals surface area contributed by atoms with Gasteiger partial charge in [0, 0.05) is 30.2 Å². The Labute approximate surface area is 113 Å². The number of H-pyrrole nitrogens is 1. The molecule has 2 aromatic rings. The number of hydrogen-bond acceptors (Lipinski definition) is 1. The number of aromatic amines is 1. The molecular formula is C16H20N2O. The predicted molar refractivity (Wildman–Crippen MR) is 77.2 cm³/mol. The molecule has 0 bridgehead atoms. The van der Waals surface area contributed by atoms with E-state index >= 15 is 0 Å². The van der Waals surface area contributed by atoms with Crippen molar-refractivity contribution < 1.29 is 4.79 Å². The van der Waals surface area contributed by atoms with Crippen molar-refractivity contribution in [1.29, 1.82) is 0 Å². The first-order chi connectivity index (χ1) is 9.29. The van der Waals surface area contributed by atoms with Crippen LogP contribution in [-0.4, -0.2) is 28.9 Å². The third-order valence-electron chi connectivity index (χ3n) is 4.09. The van der Waals surface area contributed by atoms with Crippen LogP contribution in [0.5, 0.6) is 0 Å². The monoisotopic (exact) mass is 256 g/mol. The zero-order valence-corrected chi connectivity index (χ0v) is 11.4. The smallest absolute Gasteiger partial charge is 0.256 e. The van der Waals surface area contributed by atoms with Crippen molar-refractivity contribution in [3.63, 3.8) is 0 Å². The molecule has 1 amide bonds. The number of nitrogens with one attached hydrogen (secondary N) is 1. The quantitative estimate of drug-likeness (QED) is 0.897. The number of amides is 1. The Morgan fingerprint density at radius 2 is 2.26 bits per heavy atom. The molecule has 1 aliphatic heterocycles. The van der Waals surface area contributed by atoms with E-state index in [-0.39, 0.29) is 5.91 Å². The van der Waals surface area contributed by atoms with Gasteiger partial charge in [0.2, 0.25) is 0 Å². The van der Waals surface area contributed by atoms with Gasteiger partial charge in [-0.3, -0.25) is 4.79 Å². The molecule has 1 atom stereocenters. The molecule has 1 unspecified atom stereocenters. The number of hydrogen-bond donors (Lipinski definition) is 1. The topological polar surface area (TPSA) is 36.1 Å². The molecule has 1 aliphatic rings. The van der Waals surface area contributed by atoms with Crippen LogP contribution in [0.3, 0.4) is 0 Å². The summed E-state index contributed by atoms with van der Waals surface area (Å²) in [7, 11) is 0. The summed E-state index contributed by atoms with van der Waals surface area (Å²) in [6.07, 6.45) is 5.44. The van der Waals surface area contributed by atoms with E-state index < -0.39 is 0 Å². The molecule has 3 nitrogen and oxygen atoms in total. The zero-order valence-electron chi connectivity index (χ0n) is 11.4. The minimum atomic E-state index is 0.177. The zero-order chi connectivity index (χ0) is 13.2. The van der Waals surface area contributed by atoms with Crippen molar-refractivity contribution in [2.45, 2.75) is 26.2 Å². The molecule has 0 spiro atoms. The summed E-state index contributed by atoms with van der Waals surface area (Å²) in [6.45, 7) is 4.04. The van der Waals surface area contributed by atoms with E-state index in [4.69, 9.17) is 0 Å². The molecule has 1 N–H and O–H groups in total. The number of benzene rings is 1. The summed E-state index contributed by atoms with van der Waals surface area (Å²) >= 11 is 0. The minimum absolute atomic E-state index is 0.177. The van der Waals surface area contributed by atoms with Gasteiger partial charge in [-0.2, -0.15) is 0 Å². The highest BCUT2D eigenvalue weighted by Gasteiger charge is 2.27. The first kappa shape index (κ1) is 12.3. The number of carbonyl (C=O) groups is 1. The van der Waals surface area contributed by atoms with Gasteiger partial charge in [0.1, 0.15) is 0 Å². The second kappa shape index (κ2) is 5.08. The third-order valence-corrected chi connectivity index (χ3v) is 4.09. The van der Waals surface area contributed by atoms with Gasteiger partial charge in [0.05, 0.1) is 5.56 Å². The summed E-state index contributed by atoms with van der Waals surface area (Å²) < 4.78 is 0. The fraction of sp³-hybridized carbons (Fsp3) is 0.438. The normalized spacial score (nSPS) is 19.2. The Morgan fingerprint density at radius 3 is 3.11 bits per heavy atom. The highest BCUT2D eigenvalue weighted by Crippen LogP contribution is 2.25. The lowest BCUT2D eigenvalue weighted by atomic mass is 10.0. The molecule has 2 heterocycles. The summed E-state index contributed by atoms with van der Waals surface area (Å²) in [4.78, 5) is 17.8. The van der Waals surface area contributed by atoms with E-state index in [1.165, 1.54) is 12.8 Å². The molecule has 1 fully saturated rings. The largest absolute Gasteiger partial charge is 0.360 e. The van der Waals surface area contributed by atoms with Crippen LogP contribution in [0.15, 0.2) is 30.5 Å². The van der Waals surface area contributed by atoms with E-state index in [0.717, 1.165) is 36.0 Å². The molecule has 1 aromatic carbocycles. The van der Waals surface area contributed by atoms with Crippen LogP contribution in [0.1, 0.15) is 36.5 Å². The molecule has 19 heavy (non-hydrogen) atoms. The standard InChI is InChI=1S/C16H20N2O/c1-2-5-12-8-9-18(11-12)16(19)14-10-17-15-7-4-3-6-13(14)15/h3-4,6-7,10,12,17H,2,5,8-9,11H2,1H3. The SMILES string of the molecule is CCCC1CCN(C(=O)c2c[nH]c3ccccc23)C1. The van der Waals surface area contributed by atoms with Gasteiger partial charge in [0.15, 0.2) is 0 Å². The Morgan fingerprint density at radius 1 is 1.42 bits per heavy atom. The van der Waals surface area contributed by atoms with Crippen molar-refractivity contribution in [1.82, 2.24) is 9.88 Å². The minimum Gasteiger partial charge on any atom is -0.360 e. The number of rotatable bonds is 3. The van der Waals surface area contributed by atoms with Crippen LogP contribution in [0.2, 0.25) is 0 Å². The summed E-state index contributed by atoms with van der Waals surface area (Å²) in [5.41, 5.74) is 1.85. The highest BCUT2D eigenvalue weighted by atomic mass is 16.2. The molecule has 0 radical (unpaired) electrons. The maximum Gasteiger partial charge on any atom is 0.256 e. The number of para-hydroxylation sites is 1. The summed E-state index contributed by atoms with van der Waals surface area (Å²) in [6, 6.07) is 7.99. The van der Waals surface area contributed by atoms with Crippen LogP contribution in [-0.2, 0) is 0 Å². The van der Waals surface area contributed by atoms with E-state index in [9.17, 15) is 4.79 Å². The van der Waals surface area contributed by atoms with Gasteiger partial charge in [-0.1, -0.05) is 31.5 Å². The van der Waals surface area contributed by atoms with E-state index in [1.54, 1.807) is 0 Å². The summed E-state index contributed by atoms with van der Waals surface area (Å²) in [5.74, 6) is 0.871. The van der Waals surface area contributed by atoms with Gasteiger partial charge >= 0.3 is 0 Å². The number of fused-ring (bicyclic) bond motifs is 1. The maximum atomic E-state index is 12.6. The van der Waals surface area contributed by atoms with Crippen LogP contribution >= 0.6 is 0 Å². The second-order valence-corrected chi connectivity index (χ2v) is 5.44. The lowest BCUT2D eigenvalue weighted by molar-refractivity contribution is 0.0788. The maximum absolute atomic E-state index is 12.6. The van der Waals surface area contributed by atoms with Crippen molar-refractivity contribution in [2.75, 3.05) is 13.1 Å². The van der Waals surface area contributed by atoms with Gasteiger partial charge in [-0.15, -0.1) is 0 Å². The molecule has 0 saturated carbocycles. The molecule has 3 heteroatoms. The Hall–Kier alpha value is -1.77. The molecule has 1 saturated heterocycles. The number of carbonyl (C=O) groups excluding carboxylic acids is 1.